The number of aromatic nitrogens is 5. The summed E-state index contributed by atoms with van der Waals surface area (Å²) in [6.07, 6.45) is 2.88. The average Bonchev–Trinajstić information content (AvgIpc) is 2.81. The number of nitrogens with one attached hydrogen (secondary N) is 2. The minimum Gasteiger partial charge on any atom is -0.289 e. The molecular formula is C10H11BrN6O. The number of nitrogens with zero attached hydrogens (tertiary/aromatic N) is 4. The molecule has 1 amide bonds. The van der Waals surface area contributed by atoms with Gasteiger partial charge in [-0.1, -0.05) is 13.8 Å². The van der Waals surface area contributed by atoms with E-state index in [0.29, 0.717) is 10.3 Å². The second-order valence-electron chi connectivity index (χ2n) is 3.87. The molecule has 94 valence electrons. The van der Waals surface area contributed by atoms with Crippen LogP contribution in [0.3, 0.4) is 0 Å². The van der Waals surface area contributed by atoms with E-state index in [1.54, 1.807) is 6.20 Å². The Hall–Kier alpha value is -1.83. The van der Waals surface area contributed by atoms with E-state index in [2.05, 4.69) is 46.4 Å². The van der Waals surface area contributed by atoms with E-state index in [9.17, 15) is 4.79 Å². The Kier molecular flexibility index (Phi) is 3.66. The highest BCUT2D eigenvalue weighted by Gasteiger charge is 2.16. The van der Waals surface area contributed by atoms with Crippen LogP contribution in [0.4, 0.5) is 5.95 Å². The third-order valence-corrected chi connectivity index (χ3v) is 2.72. The van der Waals surface area contributed by atoms with E-state index in [1.807, 2.05) is 13.8 Å². The van der Waals surface area contributed by atoms with Gasteiger partial charge in [0, 0.05) is 12.1 Å². The Morgan fingerprint density at radius 2 is 2.22 bits per heavy atom. The van der Waals surface area contributed by atoms with Crippen molar-refractivity contribution in [2.24, 2.45) is 0 Å². The second kappa shape index (κ2) is 5.21. The van der Waals surface area contributed by atoms with Gasteiger partial charge in [0.15, 0.2) is 0 Å². The molecule has 18 heavy (non-hydrogen) atoms. The lowest BCUT2D eigenvalue weighted by molar-refractivity contribution is 0.102. The van der Waals surface area contributed by atoms with Crippen molar-refractivity contribution in [1.29, 1.82) is 0 Å². The maximum atomic E-state index is 12.0. The van der Waals surface area contributed by atoms with E-state index >= 15 is 0 Å². The smallest absolute Gasteiger partial charge is 0.277 e. The molecule has 8 heteroatoms. The van der Waals surface area contributed by atoms with Gasteiger partial charge in [0.1, 0.15) is 17.8 Å². The average molecular weight is 311 g/mol. The van der Waals surface area contributed by atoms with Gasteiger partial charge in [0.05, 0.1) is 4.47 Å². The van der Waals surface area contributed by atoms with Crippen molar-refractivity contribution < 1.29 is 4.79 Å². The van der Waals surface area contributed by atoms with Gasteiger partial charge in [0.2, 0.25) is 5.95 Å². The number of aromatic amines is 1. The Morgan fingerprint density at radius 3 is 2.83 bits per heavy atom. The Bertz CT molecular complexity index is 554. The van der Waals surface area contributed by atoms with Crippen LogP contribution in [0.15, 0.2) is 17.0 Å². The summed E-state index contributed by atoms with van der Waals surface area (Å²) in [6, 6.07) is 0. The molecule has 2 heterocycles. The first-order valence-electron chi connectivity index (χ1n) is 5.27. The van der Waals surface area contributed by atoms with Crippen molar-refractivity contribution in [3.05, 3.63) is 28.5 Å². The molecule has 0 aliphatic carbocycles. The molecule has 2 aromatic rings. The minimum atomic E-state index is -0.372. The third-order valence-electron chi connectivity index (χ3n) is 2.14. The number of amides is 1. The summed E-state index contributed by atoms with van der Waals surface area (Å²) in [5, 5.41) is 8.74. The topological polar surface area (TPSA) is 96.5 Å². The van der Waals surface area contributed by atoms with Crippen LogP contribution in [0, 0.1) is 0 Å². The Balaban J connectivity index is 2.26. The van der Waals surface area contributed by atoms with Gasteiger partial charge in [-0.15, -0.1) is 0 Å². The van der Waals surface area contributed by atoms with Gasteiger partial charge in [-0.3, -0.25) is 10.1 Å². The molecule has 0 radical (unpaired) electrons. The summed E-state index contributed by atoms with van der Waals surface area (Å²) in [5.41, 5.74) is 0.269. The molecule has 0 unspecified atom stereocenters. The number of halogens is 1. The predicted octanol–water partition coefficient (Wildman–Crippen LogP) is 1.73. The molecule has 0 fully saturated rings. The monoisotopic (exact) mass is 310 g/mol. The van der Waals surface area contributed by atoms with E-state index in [1.165, 1.54) is 6.33 Å². The van der Waals surface area contributed by atoms with Crippen molar-refractivity contribution in [1.82, 2.24) is 25.1 Å². The van der Waals surface area contributed by atoms with Crippen LogP contribution in [0.2, 0.25) is 0 Å². The molecule has 7 nitrogen and oxygen atoms in total. The number of carbonyl (C=O) groups is 1. The summed E-state index contributed by atoms with van der Waals surface area (Å²) in [6.45, 7) is 3.92. The van der Waals surface area contributed by atoms with Crippen molar-refractivity contribution >= 4 is 27.8 Å². The number of anilines is 1. The van der Waals surface area contributed by atoms with Crippen LogP contribution >= 0.6 is 15.9 Å². The van der Waals surface area contributed by atoms with Crippen molar-refractivity contribution in [2.75, 3.05) is 5.32 Å². The van der Waals surface area contributed by atoms with Gasteiger partial charge in [-0.05, 0) is 15.9 Å². The molecule has 0 saturated carbocycles. The second-order valence-corrected chi connectivity index (χ2v) is 4.72. The van der Waals surface area contributed by atoms with Crippen LogP contribution in [-0.2, 0) is 0 Å². The normalized spacial score (nSPS) is 10.7. The third kappa shape index (κ3) is 2.70. The van der Waals surface area contributed by atoms with E-state index in [4.69, 9.17) is 0 Å². The number of H-pyrrole nitrogens is 1. The molecule has 0 spiro atoms. The first-order valence-corrected chi connectivity index (χ1v) is 6.06. The van der Waals surface area contributed by atoms with E-state index < -0.39 is 0 Å². The Morgan fingerprint density at radius 1 is 1.44 bits per heavy atom. The Labute approximate surface area is 112 Å². The highest BCUT2D eigenvalue weighted by molar-refractivity contribution is 9.10. The van der Waals surface area contributed by atoms with Gasteiger partial charge in [0.25, 0.3) is 5.91 Å². The quantitative estimate of drug-likeness (QED) is 0.900. The highest BCUT2D eigenvalue weighted by atomic mass is 79.9. The molecule has 0 aromatic carbocycles. The van der Waals surface area contributed by atoms with Crippen LogP contribution in [0.1, 0.15) is 36.1 Å². The lowest BCUT2D eigenvalue weighted by Crippen LogP contribution is -2.17. The van der Waals surface area contributed by atoms with Crippen LogP contribution < -0.4 is 5.32 Å². The highest BCUT2D eigenvalue weighted by Crippen LogP contribution is 2.17. The molecule has 0 aliphatic rings. The number of carbonyl (C=O) groups excluding carboxylic acids is 1. The van der Waals surface area contributed by atoms with Crippen molar-refractivity contribution in [2.45, 2.75) is 19.8 Å². The van der Waals surface area contributed by atoms with Gasteiger partial charge in [-0.2, -0.15) is 10.1 Å². The van der Waals surface area contributed by atoms with Crippen LogP contribution in [-0.4, -0.2) is 31.1 Å². The zero-order valence-corrected chi connectivity index (χ0v) is 11.4. The molecule has 0 bridgehead atoms. The van der Waals surface area contributed by atoms with Gasteiger partial charge >= 0.3 is 0 Å². The fraction of sp³-hybridized carbons (Fsp3) is 0.300. The van der Waals surface area contributed by atoms with Crippen LogP contribution in [0.25, 0.3) is 0 Å². The maximum absolute atomic E-state index is 12.0. The molecule has 2 aromatic heterocycles. The van der Waals surface area contributed by atoms with Crippen molar-refractivity contribution in [3.8, 4) is 0 Å². The summed E-state index contributed by atoms with van der Waals surface area (Å²) in [5.74, 6) is 0.662. The van der Waals surface area contributed by atoms with Crippen molar-refractivity contribution in [3.63, 3.8) is 0 Å². The summed E-state index contributed by atoms with van der Waals surface area (Å²) in [4.78, 5) is 24.2. The minimum absolute atomic E-state index is 0.148. The molecule has 0 atom stereocenters. The summed E-state index contributed by atoms with van der Waals surface area (Å²) < 4.78 is 0.531. The fourth-order valence-corrected chi connectivity index (χ4v) is 1.62. The standard InChI is InChI=1S/C10H11BrN6O/c1-5(2)8-12-3-6(11)7(15-8)9(18)16-10-13-4-14-17-10/h3-5H,1-2H3,(H2,13,14,16,17,18). The zero-order chi connectivity index (χ0) is 13.1. The molecule has 2 rings (SSSR count). The first-order chi connectivity index (χ1) is 8.58. The SMILES string of the molecule is CC(C)c1ncc(Br)c(C(=O)Nc2ncn[nH]2)n1. The molecular weight excluding hydrogens is 300 g/mol. The van der Waals surface area contributed by atoms with Crippen LogP contribution in [0.5, 0.6) is 0 Å². The molecule has 0 saturated heterocycles. The lowest BCUT2D eigenvalue weighted by atomic mass is 10.2. The first kappa shape index (κ1) is 12.6. The molecule has 0 aliphatic heterocycles. The number of hydrogen-bond donors (Lipinski definition) is 2. The summed E-state index contributed by atoms with van der Waals surface area (Å²) in [7, 11) is 0. The number of hydrogen-bond acceptors (Lipinski definition) is 5. The maximum Gasteiger partial charge on any atom is 0.277 e. The van der Waals surface area contributed by atoms with Gasteiger partial charge < -0.3 is 0 Å². The lowest BCUT2D eigenvalue weighted by Gasteiger charge is -2.07. The van der Waals surface area contributed by atoms with Gasteiger partial charge in [-0.25, -0.2) is 15.1 Å². The summed E-state index contributed by atoms with van der Waals surface area (Å²) >= 11 is 3.25. The molecule has 2 N–H and O–H groups in total. The predicted molar refractivity (Wildman–Crippen MR) is 68.2 cm³/mol. The van der Waals surface area contributed by atoms with E-state index in [0.717, 1.165) is 0 Å². The zero-order valence-electron chi connectivity index (χ0n) is 9.81. The van der Waals surface area contributed by atoms with E-state index in [-0.39, 0.29) is 23.5 Å². The number of rotatable bonds is 3. The fourth-order valence-electron chi connectivity index (χ4n) is 1.25. The largest absolute Gasteiger partial charge is 0.289 e.